The molecule has 1 aliphatic heterocycles. The lowest BCUT2D eigenvalue weighted by atomic mass is 10.0. The van der Waals surface area contributed by atoms with E-state index in [9.17, 15) is 0 Å². The number of fused-ring (bicyclic) bond motifs is 1. The molecule has 1 heterocycles. The lowest BCUT2D eigenvalue weighted by Gasteiger charge is -2.03. The van der Waals surface area contributed by atoms with E-state index in [0.717, 1.165) is 23.4 Å². The molecule has 0 N–H and O–H groups in total. The normalized spacial score (nSPS) is 14.2. The van der Waals surface area contributed by atoms with Gasteiger partial charge in [0.05, 0.1) is 10.7 Å². The van der Waals surface area contributed by atoms with Gasteiger partial charge in [-0.25, -0.2) is 0 Å². The standard InChI is InChI=1S/C22H15Cl2N/c23-17-9-12-20(21(24)14-17)22-13-11-18(25-22)10-8-16-6-3-5-15-4-1-2-7-19(15)16/h1-10,12-14H,11H2/b10-8+. The van der Waals surface area contributed by atoms with Gasteiger partial charge in [-0.15, -0.1) is 0 Å². The smallest absolute Gasteiger partial charge is 0.0684 e. The summed E-state index contributed by atoms with van der Waals surface area (Å²) in [5, 5.41) is 3.74. The van der Waals surface area contributed by atoms with Crippen LogP contribution in [-0.4, -0.2) is 5.71 Å². The molecule has 1 nitrogen and oxygen atoms in total. The molecule has 3 aromatic carbocycles. The number of nitrogens with zero attached hydrogens (tertiary/aromatic N) is 1. The van der Waals surface area contributed by atoms with Crippen LogP contribution in [0.2, 0.25) is 10.0 Å². The molecule has 0 atom stereocenters. The molecule has 0 aromatic heterocycles. The largest absolute Gasteiger partial charge is 0.253 e. The van der Waals surface area contributed by atoms with Crippen molar-refractivity contribution in [3.05, 3.63) is 94.0 Å². The Kier molecular flexibility index (Phi) is 4.44. The molecule has 0 radical (unpaired) electrons. The van der Waals surface area contributed by atoms with Crippen molar-refractivity contribution < 1.29 is 0 Å². The van der Waals surface area contributed by atoms with Crippen LogP contribution >= 0.6 is 23.2 Å². The summed E-state index contributed by atoms with van der Waals surface area (Å²) in [4.78, 5) is 4.71. The number of allylic oxidation sites excluding steroid dienone is 2. The quantitative estimate of drug-likeness (QED) is 0.472. The van der Waals surface area contributed by atoms with Crippen LogP contribution in [0.3, 0.4) is 0 Å². The summed E-state index contributed by atoms with van der Waals surface area (Å²) in [7, 11) is 0. The zero-order chi connectivity index (χ0) is 17.2. The topological polar surface area (TPSA) is 12.4 Å². The molecule has 0 spiro atoms. The van der Waals surface area contributed by atoms with Gasteiger partial charge in [-0.3, -0.25) is 4.99 Å². The van der Waals surface area contributed by atoms with E-state index in [2.05, 4.69) is 60.7 Å². The Bertz CT molecular complexity index is 1040. The van der Waals surface area contributed by atoms with Crippen molar-refractivity contribution in [3.63, 3.8) is 0 Å². The summed E-state index contributed by atoms with van der Waals surface area (Å²) in [6.45, 7) is 0. The molecule has 0 unspecified atom stereocenters. The third-order valence-electron chi connectivity index (χ3n) is 4.25. The highest BCUT2D eigenvalue weighted by Crippen LogP contribution is 2.31. The summed E-state index contributed by atoms with van der Waals surface area (Å²) >= 11 is 12.2. The molecule has 0 saturated heterocycles. The molecule has 3 aromatic rings. The van der Waals surface area contributed by atoms with E-state index in [0.29, 0.717) is 10.0 Å². The average Bonchev–Trinajstić information content (AvgIpc) is 3.08. The second-order valence-electron chi connectivity index (χ2n) is 5.92. The zero-order valence-electron chi connectivity index (χ0n) is 13.4. The van der Waals surface area contributed by atoms with Gasteiger partial charge in [-0.1, -0.05) is 77.8 Å². The number of halogens is 2. The Morgan fingerprint density at radius 3 is 2.60 bits per heavy atom. The summed E-state index contributed by atoms with van der Waals surface area (Å²) in [5.41, 5.74) is 4.03. The molecule has 0 amide bonds. The van der Waals surface area contributed by atoms with Gasteiger partial charge in [-0.05, 0) is 40.6 Å². The minimum absolute atomic E-state index is 0.627. The SMILES string of the molecule is Clc1ccc(C2=CCC(/C=C/c3cccc4ccccc34)=N2)c(Cl)c1. The van der Waals surface area contributed by atoms with Gasteiger partial charge in [0, 0.05) is 22.7 Å². The summed E-state index contributed by atoms with van der Waals surface area (Å²) in [6.07, 6.45) is 7.10. The first-order valence-electron chi connectivity index (χ1n) is 8.10. The maximum Gasteiger partial charge on any atom is 0.0684 e. The van der Waals surface area contributed by atoms with Crippen LogP contribution in [0.5, 0.6) is 0 Å². The van der Waals surface area contributed by atoms with Crippen LogP contribution in [0.15, 0.2) is 77.8 Å². The fourth-order valence-electron chi connectivity index (χ4n) is 3.00. The predicted octanol–water partition coefficient (Wildman–Crippen LogP) is 7.05. The van der Waals surface area contributed by atoms with E-state index in [1.807, 2.05) is 12.1 Å². The van der Waals surface area contributed by atoms with E-state index in [1.54, 1.807) is 6.07 Å². The van der Waals surface area contributed by atoms with Gasteiger partial charge in [0.25, 0.3) is 0 Å². The van der Waals surface area contributed by atoms with Crippen LogP contribution in [0.4, 0.5) is 0 Å². The monoisotopic (exact) mass is 363 g/mol. The summed E-state index contributed by atoms with van der Waals surface area (Å²) in [5.74, 6) is 0. The molecule has 122 valence electrons. The Labute approximate surface area is 156 Å². The van der Waals surface area contributed by atoms with Crippen LogP contribution < -0.4 is 0 Å². The number of hydrogen-bond donors (Lipinski definition) is 0. The van der Waals surface area contributed by atoms with Crippen molar-refractivity contribution in [2.24, 2.45) is 4.99 Å². The molecular weight excluding hydrogens is 349 g/mol. The molecule has 4 rings (SSSR count). The minimum atomic E-state index is 0.627. The first-order valence-corrected chi connectivity index (χ1v) is 8.85. The first kappa shape index (κ1) is 16.1. The van der Waals surface area contributed by atoms with Gasteiger partial charge in [0.15, 0.2) is 0 Å². The van der Waals surface area contributed by atoms with Crippen LogP contribution in [-0.2, 0) is 0 Å². The van der Waals surface area contributed by atoms with Crippen molar-refractivity contribution >= 4 is 51.5 Å². The third kappa shape index (κ3) is 3.39. The fraction of sp³-hybridized carbons (Fsp3) is 0.0455. The molecule has 0 bridgehead atoms. The second kappa shape index (κ2) is 6.87. The van der Waals surface area contributed by atoms with Crippen molar-refractivity contribution in [1.29, 1.82) is 0 Å². The molecule has 0 aliphatic carbocycles. The predicted molar refractivity (Wildman–Crippen MR) is 109 cm³/mol. The summed E-state index contributed by atoms with van der Waals surface area (Å²) in [6, 6.07) is 20.2. The van der Waals surface area contributed by atoms with E-state index in [-0.39, 0.29) is 0 Å². The van der Waals surface area contributed by atoms with E-state index >= 15 is 0 Å². The second-order valence-corrected chi connectivity index (χ2v) is 6.77. The van der Waals surface area contributed by atoms with Gasteiger partial charge in [0.2, 0.25) is 0 Å². The lowest BCUT2D eigenvalue weighted by molar-refractivity contribution is 1.53. The third-order valence-corrected chi connectivity index (χ3v) is 4.80. The lowest BCUT2D eigenvalue weighted by Crippen LogP contribution is -1.86. The van der Waals surface area contributed by atoms with Crippen LogP contribution in [0.1, 0.15) is 17.5 Å². The number of benzene rings is 3. The molecule has 25 heavy (non-hydrogen) atoms. The van der Waals surface area contributed by atoms with Crippen LogP contribution in [0.25, 0.3) is 22.5 Å². The minimum Gasteiger partial charge on any atom is -0.253 e. The maximum atomic E-state index is 6.28. The maximum absolute atomic E-state index is 6.28. The Hall–Kier alpha value is -2.35. The van der Waals surface area contributed by atoms with Gasteiger partial charge < -0.3 is 0 Å². The Morgan fingerprint density at radius 2 is 1.72 bits per heavy atom. The van der Waals surface area contributed by atoms with Gasteiger partial charge in [-0.2, -0.15) is 0 Å². The summed E-state index contributed by atoms with van der Waals surface area (Å²) < 4.78 is 0. The highest BCUT2D eigenvalue weighted by Gasteiger charge is 2.12. The highest BCUT2D eigenvalue weighted by atomic mass is 35.5. The molecular formula is C22H15Cl2N. The number of hydrogen-bond acceptors (Lipinski definition) is 1. The highest BCUT2D eigenvalue weighted by molar-refractivity contribution is 6.35. The average molecular weight is 364 g/mol. The molecule has 1 aliphatic rings. The van der Waals surface area contributed by atoms with Crippen molar-refractivity contribution in [2.45, 2.75) is 6.42 Å². The van der Waals surface area contributed by atoms with E-state index in [1.165, 1.54) is 16.3 Å². The molecule has 0 saturated carbocycles. The van der Waals surface area contributed by atoms with Crippen molar-refractivity contribution in [1.82, 2.24) is 0 Å². The Balaban J connectivity index is 1.61. The fourth-order valence-corrected chi connectivity index (χ4v) is 3.51. The van der Waals surface area contributed by atoms with E-state index in [4.69, 9.17) is 28.2 Å². The molecule has 0 fully saturated rings. The van der Waals surface area contributed by atoms with Crippen LogP contribution in [0, 0.1) is 0 Å². The first-order chi connectivity index (χ1) is 12.2. The van der Waals surface area contributed by atoms with Crippen molar-refractivity contribution in [2.75, 3.05) is 0 Å². The number of aliphatic imine (C=N–C) groups is 1. The van der Waals surface area contributed by atoms with Gasteiger partial charge in [0.1, 0.15) is 0 Å². The number of rotatable bonds is 3. The molecule has 3 heteroatoms. The van der Waals surface area contributed by atoms with Gasteiger partial charge >= 0.3 is 0 Å². The van der Waals surface area contributed by atoms with Crippen molar-refractivity contribution in [3.8, 4) is 0 Å². The van der Waals surface area contributed by atoms with E-state index < -0.39 is 0 Å². The Morgan fingerprint density at radius 1 is 0.880 bits per heavy atom. The zero-order valence-corrected chi connectivity index (χ0v) is 14.9.